The van der Waals surface area contributed by atoms with Crippen molar-refractivity contribution in [2.75, 3.05) is 32.2 Å². The zero-order valence-electron chi connectivity index (χ0n) is 14.2. The van der Waals surface area contributed by atoms with Crippen LogP contribution in [0.25, 0.3) is 0 Å². The monoisotopic (exact) mass is 329 g/mol. The van der Waals surface area contributed by atoms with Gasteiger partial charge in [0.2, 0.25) is 5.95 Å². The molecule has 4 N–H and O–H groups in total. The molecule has 1 aliphatic rings. The molecule has 24 heavy (non-hydrogen) atoms. The highest BCUT2D eigenvalue weighted by Crippen LogP contribution is 2.38. The molecule has 0 saturated heterocycles. The van der Waals surface area contributed by atoms with E-state index in [-0.39, 0.29) is 12.0 Å². The number of hydrogen-bond acceptors (Lipinski definition) is 7. The normalized spacial score (nSPS) is 17.4. The van der Waals surface area contributed by atoms with Crippen molar-refractivity contribution in [3.8, 4) is 11.5 Å². The van der Waals surface area contributed by atoms with Gasteiger partial charge in [-0.2, -0.15) is 4.98 Å². The first kappa shape index (κ1) is 16.3. The summed E-state index contributed by atoms with van der Waals surface area (Å²) in [4.78, 5) is 10.4. The molecule has 2 heterocycles. The third kappa shape index (κ3) is 2.94. The predicted molar refractivity (Wildman–Crippen MR) is 92.9 cm³/mol. The first-order valence-electron chi connectivity index (χ1n) is 7.89. The van der Waals surface area contributed by atoms with E-state index in [1.807, 2.05) is 0 Å². The molecule has 1 atom stereocenters. The van der Waals surface area contributed by atoms with Gasteiger partial charge in [-0.1, -0.05) is 0 Å². The molecule has 0 saturated carbocycles. The van der Waals surface area contributed by atoms with Gasteiger partial charge in [-0.3, -0.25) is 4.90 Å². The van der Waals surface area contributed by atoms with Crippen LogP contribution in [0, 0.1) is 0 Å². The summed E-state index contributed by atoms with van der Waals surface area (Å²) in [5.41, 5.74) is 15.0. The summed E-state index contributed by atoms with van der Waals surface area (Å²) in [6.07, 6.45) is 2.64. The number of aromatic nitrogens is 2. The largest absolute Gasteiger partial charge is 0.493 e. The molecule has 1 aliphatic heterocycles. The van der Waals surface area contributed by atoms with E-state index in [2.05, 4.69) is 33.9 Å². The molecule has 0 aliphatic carbocycles. The molecule has 3 rings (SSSR count). The summed E-state index contributed by atoms with van der Waals surface area (Å²) in [6, 6.07) is 4.36. The van der Waals surface area contributed by atoms with Gasteiger partial charge in [0.1, 0.15) is 5.82 Å². The van der Waals surface area contributed by atoms with Crippen LogP contribution in [0.5, 0.6) is 11.5 Å². The Bertz CT molecular complexity index is 750. The second kappa shape index (κ2) is 6.52. The third-order valence-corrected chi connectivity index (χ3v) is 4.60. The smallest absolute Gasteiger partial charge is 0.221 e. The Labute approximate surface area is 141 Å². The Morgan fingerprint density at radius 3 is 2.58 bits per heavy atom. The van der Waals surface area contributed by atoms with Crippen LogP contribution in [0.4, 0.5) is 11.8 Å². The van der Waals surface area contributed by atoms with Crippen molar-refractivity contribution in [2.45, 2.75) is 25.9 Å². The van der Waals surface area contributed by atoms with E-state index in [1.165, 1.54) is 11.1 Å². The number of rotatable bonds is 4. The highest BCUT2D eigenvalue weighted by atomic mass is 16.5. The summed E-state index contributed by atoms with van der Waals surface area (Å²) in [6.45, 7) is 3.78. The average molecular weight is 329 g/mol. The number of nitrogen functional groups attached to an aromatic ring is 2. The number of anilines is 2. The summed E-state index contributed by atoms with van der Waals surface area (Å²) in [5, 5.41) is 0. The van der Waals surface area contributed by atoms with E-state index in [1.54, 1.807) is 20.4 Å². The van der Waals surface area contributed by atoms with Gasteiger partial charge in [0.15, 0.2) is 11.5 Å². The fourth-order valence-electron chi connectivity index (χ4n) is 3.19. The van der Waals surface area contributed by atoms with Gasteiger partial charge in [0.25, 0.3) is 0 Å². The topological polar surface area (TPSA) is 99.5 Å². The molecule has 1 aromatic heterocycles. The minimum Gasteiger partial charge on any atom is -0.493 e. The molecule has 0 bridgehead atoms. The Morgan fingerprint density at radius 1 is 1.21 bits per heavy atom. The first-order valence-corrected chi connectivity index (χ1v) is 7.89. The van der Waals surface area contributed by atoms with Crippen LogP contribution < -0.4 is 20.9 Å². The lowest BCUT2D eigenvalue weighted by molar-refractivity contribution is 0.189. The number of nitrogens with zero attached hydrogens (tertiary/aromatic N) is 3. The van der Waals surface area contributed by atoms with E-state index >= 15 is 0 Å². The van der Waals surface area contributed by atoms with Gasteiger partial charge >= 0.3 is 0 Å². The maximum atomic E-state index is 5.97. The fraction of sp³-hybridized carbons (Fsp3) is 0.412. The Hall–Kier alpha value is -2.54. The summed E-state index contributed by atoms with van der Waals surface area (Å²) in [7, 11) is 3.31. The molecule has 7 heteroatoms. The molecule has 1 aromatic carbocycles. The Balaban J connectivity index is 1.87. The second-order valence-corrected chi connectivity index (χ2v) is 5.94. The van der Waals surface area contributed by atoms with Gasteiger partial charge < -0.3 is 20.9 Å². The number of nitrogens with two attached hydrogens (primary N) is 2. The highest BCUT2D eigenvalue weighted by molar-refractivity contribution is 5.49. The zero-order valence-corrected chi connectivity index (χ0v) is 14.2. The van der Waals surface area contributed by atoms with Crippen LogP contribution in [-0.2, 0) is 13.0 Å². The van der Waals surface area contributed by atoms with Crippen molar-refractivity contribution in [3.63, 3.8) is 0 Å². The lowest BCUT2D eigenvalue weighted by atomic mass is 9.92. The molecule has 0 radical (unpaired) electrons. The van der Waals surface area contributed by atoms with Gasteiger partial charge in [0.05, 0.1) is 14.2 Å². The average Bonchev–Trinajstić information content (AvgIpc) is 2.58. The number of fused-ring (bicyclic) bond motifs is 1. The van der Waals surface area contributed by atoms with Gasteiger partial charge in [-0.25, -0.2) is 4.98 Å². The standard InChI is InChI=1S/C17H23N5O2/c1-10-13-7-15(24-3)14(23-2)6-11(13)4-5-22(10)9-12-8-20-17(19)21-16(12)18/h6-8,10H,4-5,9H2,1-3H3,(H4,18,19,20,21). The third-order valence-electron chi connectivity index (χ3n) is 4.60. The Morgan fingerprint density at radius 2 is 1.92 bits per heavy atom. The number of hydrogen-bond donors (Lipinski definition) is 2. The lowest BCUT2D eigenvalue weighted by Gasteiger charge is -2.35. The van der Waals surface area contributed by atoms with Crippen molar-refractivity contribution in [3.05, 3.63) is 35.0 Å². The van der Waals surface area contributed by atoms with Crippen molar-refractivity contribution in [1.29, 1.82) is 0 Å². The molecule has 7 nitrogen and oxygen atoms in total. The quantitative estimate of drug-likeness (QED) is 0.882. The van der Waals surface area contributed by atoms with Crippen LogP contribution in [-0.4, -0.2) is 35.6 Å². The van der Waals surface area contributed by atoms with Crippen LogP contribution in [0.3, 0.4) is 0 Å². The highest BCUT2D eigenvalue weighted by Gasteiger charge is 2.26. The SMILES string of the molecule is COc1cc2c(cc1OC)C(C)N(Cc1cnc(N)nc1N)CC2. The number of methoxy groups -OCH3 is 2. The molecule has 0 fully saturated rings. The first-order chi connectivity index (χ1) is 11.5. The Kier molecular flexibility index (Phi) is 4.44. The molecule has 0 amide bonds. The maximum absolute atomic E-state index is 5.97. The molecule has 0 spiro atoms. The minimum atomic E-state index is 0.199. The molecule has 1 unspecified atom stereocenters. The number of ether oxygens (including phenoxy) is 2. The maximum Gasteiger partial charge on any atom is 0.221 e. The molecule has 2 aromatic rings. The minimum absolute atomic E-state index is 0.199. The van der Waals surface area contributed by atoms with Crippen LogP contribution in [0.1, 0.15) is 29.7 Å². The molecular formula is C17H23N5O2. The van der Waals surface area contributed by atoms with Gasteiger partial charge in [0, 0.05) is 30.9 Å². The summed E-state index contributed by atoms with van der Waals surface area (Å²) < 4.78 is 10.8. The van der Waals surface area contributed by atoms with Crippen molar-refractivity contribution in [2.24, 2.45) is 0 Å². The van der Waals surface area contributed by atoms with Crippen LogP contribution in [0.2, 0.25) is 0 Å². The lowest BCUT2D eigenvalue weighted by Crippen LogP contribution is -2.34. The van der Waals surface area contributed by atoms with Crippen molar-refractivity contribution >= 4 is 11.8 Å². The summed E-state index contributed by atoms with van der Waals surface area (Å²) >= 11 is 0. The second-order valence-electron chi connectivity index (χ2n) is 5.94. The van der Waals surface area contributed by atoms with E-state index in [4.69, 9.17) is 20.9 Å². The molecular weight excluding hydrogens is 306 g/mol. The van der Waals surface area contributed by atoms with Crippen LogP contribution >= 0.6 is 0 Å². The van der Waals surface area contributed by atoms with Gasteiger partial charge in [-0.05, 0) is 36.6 Å². The number of benzene rings is 1. The molecule has 128 valence electrons. The predicted octanol–water partition coefficient (Wildman–Crippen LogP) is 1.78. The van der Waals surface area contributed by atoms with Crippen LogP contribution in [0.15, 0.2) is 18.3 Å². The van der Waals surface area contributed by atoms with E-state index in [0.717, 1.165) is 30.0 Å². The van der Waals surface area contributed by atoms with E-state index in [9.17, 15) is 0 Å². The summed E-state index contributed by atoms with van der Waals surface area (Å²) in [5.74, 6) is 2.16. The van der Waals surface area contributed by atoms with Crippen molar-refractivity contribution in [1.82, 2.24) is 14.9 Å². The van der Waals surface area contributed by atoms with E-state index < -0.39 is 0 Å². The van der Waals surface area contributed by atoms with Gasteiger partial charge in [-0.15, -0.1) is 0 Å². The van der Waals surface area contributed by atoms with E-state index in [0.29, 0.717) is 12.4 Å². The zero-order chi connectivity index (χ0) is 17.3. The fourth-order valence-corrected chi connectivity index (χ4v) is 3.19. The van der Waals surface area contributed by atoms with Crippen molar-refractivity contribution < 1.29 is 9.47 Å².